The molecular formula is C9H7FN4S. The summed E-state index contributed by atoms with van der Waals surface area (Å²) in [4.78, 5) is -0.0906. The number of nitriles is 1. The molecule has 1 aromatic carbocycles. The molecule has 0 heterocycles. The van der Waals surface area contributed by atoms with Gasteiger partial charge in [0.1, 0.15) is 16.9 Å². The van der Waals surface area contributed by atoms with E-state index in [1.54, 1.807) is 6.07 Å². The number of halogens is 1. The Bertz CT molecular complexity index is 432. The van der Waals surface area contributed by atoms with Gasteiger partial charge in [-0.25, -0.2) is 4.39 Å². The Morgan fingerprint density at radius 1 is 1.47 bits per heavy atom. The molecule has 0 aliphatic carbocycles. The summed E-state index contributed by atoms with van der Waals surface area (Å²) in [7, 11) is 0. The van der Waals surface area contributed by atoms with Gasteiger partial charge in [0.25, 0.3) is 0 Å². The quantitative estimate of drug-likeness (QED) is 0.460. The zero-order valence-corrected chi connectivity index (χ0v) is 8.38. The maximum atomic E-state index is 12.5. The average Bonchev–Trinajstić information content (AvgIpc) is 2.21. The molecule has 0 aromatic heterocycles. The van der Waals surface area contributed by atoms with Crippen molar-refractivity contribution in [2.45, 2.75) is 0 Å². The molecule has 15 heavy (non-hydrogen) atoms. The summed E-state index contributed by atoms with van der Waals surface area (Å²) in [6.07, 6.45) is 0. The van der Waals surface area contributed by atoms with Gasteiger partial charge in [-0.3, -0.25) is 5.43 Å². The first-order valence-electron chi connectivity index (χ1n) is 3.92. The SMILES string of the molecule is N#CC(=NNc1ccc(F)cc1)C(N)=S. The predicted octanol–water partition coefficient (Wildman–Crippen LogP) is 1.40. The van der Waals surface area contributed by atoms with Crippen molar-refractivity contribution in [1.82, 2.24) is 0 Å². The molecule has 1 rings (SSSR count). The summed E-state index contributed by atoms with van der Waals surface area (Å²) in [6, 6.07) is 7.23. The van der Waals surface area contributed by atoms with Gasteiger partial charge in [-0.2, -0.15) is 10.4 Å². The number of nitrogens with two attached hydrogens (primary N) is 1. The van der Waals surface area contributed by atoms with E-state index < -0.39 is 0 Å². The highest BCUT2D eigenvalue weighted by molar-refractivity contribution is 7.82. The van der Waals surface area contributed by atoms with Crippen LogP contribution in [-0.4, -0.2) is 10.7 Å². The van der Waals surface area contributed by atoms with E-state index in [9.17, 15) is 4.39 Å². The molecule has 0 radical (unpaired) electrons. The summed E-state index contributed by atoms with van der Waals surface area (Å²) < 4.78 is 12.5. The molecule has 0 atom stereocenters. The minimum Gasteiger partial charge on any atom is -0.387 e. The van der Waals surface area contributed by atoms with Gasteiger partial charge < -0.3 is 5.73 Å². The van der Waals surface area contributed by atoms with Gasteiger partial charge in [0.15, 0.2) is 5.71 Å². The molecular weight excluding hydrogens is 215 g/mol. The number of hydrazone groups is 1. The van der Waals surface area contributed by atoms with Gasteiger partial charge in [0.2, 0.25) is 0 Å². The number of hydrogen-bond acceptors (Lipinski definition) is 4. The van der Waals surface area contributed by atoms with Crippen molar-refractivity contribution in [2.24, 2.45) is 10.8 Å². The third kappa shape index (κ3) is 3.32. The van der Waals surface area contributed by atoms with Crippen LogP contribution in [0.4, 0.5) is 10.1 Å². The molecule has 0 spiro atoms. The topological polar surface area (TPSA) is 74.2 Å². The van der Waals surface area contributed by atoms with E-state index in [4.69, 9.17) is 11.0 Å². The predicted molar refractivity (Wildman–Crippen MR) is 59.9 cm³/mol. The normalized spacial score (nSPS) is 10.5. The number of anilines is 1. The van der Waals surface area contributed by atoms with Crippen molar-refractivity contribution >= 4 is 28.6 Å². The first kappa shape index (κ1) is 11.1. The maximum Gasteiger partial charge on any atom is 0.194 e. The number of thiocarbonyl (C=S) groups is 1. The van der Waals surface area contributed by atoms with Gasteiger partial charge in [-0.1, -0.05) is 12.2 Å². The molecule has 76 valence electrons. The monoisotopic (exact) mass is 222 g/mol. The van der Waals surface area contributed by atoms with Gasteiger partial charge >= 0.3 is 0 Å². The first-order chi connectivity index (χ1) is 7.13. The number of benzene rings is 1. The van der Waals surface area contributed by atoms with Crippen LogP contribution < -0.4 is 11.2 Å². The Morgan fingerprint density at radius 2 is 2.07 bits per heavy atom. The lowest BCUT2D eigenvalue weighted by atomic mass is 10.3. The zero-order valence-electron chi connectivity index (χ0n) is 7.57. The molecule has 0 fully saturated rings. The molecule has 3 N–H and O–H groups in total. The van der Waals surface area contributed by atoms with Crippen LogP contribution in [0.25, 0.3) is 0 Å². The van der Waals surface area contributed by atoms with E-state index in [1.807, 2.05) is 0 Å². The number of hydrogen-bond donors (Lipinski definition) is 2. The molecule has 0 aliphatic rings. The lowest BCUT2D eigenvalue weighted by Gasteiger charge is -2.00. The largest absolute Gasteiger partial charge is 0.387 e. The van der Waals surface area contributed by atoms with Gasteiger partial charge in [0, 0.05) is 0 Å². The molecule has 0 unspecified atom stereocenters. The lowest BCUT2D eigenvalue weighted by Crippen LogP contribution is -2.20. The lowest BCUT2D eigenvalue weighted by molar-refractivity contribution is 0.628. The molecule has 0 aliphatic heterocycles. The molecule has 6 heteroatoms. The van der Waals surface area contributed by atoms with Crippen LogP contribution in [0.2, 0.25) is 0 Å². The third-order valence-electron chi connectivity index (χ3n) is 1.48. The summed E-state index contributed by atoms with van der Waals surface area (Å²) in [5, 5.41) is 12.2. The van der Waals surface area contributed by atoms with E-state index in [0.717, 1.165) is 0 Å². The van der Waals surface area contributed by atoms with Crippen LogP contribution >= 0.6 is 12.2 Å². The fourth-order valence-corrected chi connectivity index (χ4v) is 0.871. The summed E-state index contributed by atoms with van der Waals surface area (Å²) >= 11 is 4.58. The fourth-order valence-electron chi connectivity index (χ4n) is 0.780. The second-order valence-electron chi connectivity index (χ2n) is 2.56. The molecule has 0 bridgehead atoms. The summed E-state index contributed by atoms with van der Waals surface area (Å²) in [5.74, 6) is -0.348. The summed E-state index contributed by atoms with van der Waals surface area (Å²) in [6.45, 7) is 0. The highest BCUT2D eigenvalue weighted by Gasteiger charge is 2.00. The highest BCUT2D eigenvalue weighted by Crippen LogP contribution is 2.07. The Kier molecular flexibility index (Phi) is 3.71. The Morgan fingerprint density at radius 3 is 2.53 bits per heavy atom. The van der Waals surface area contributed by atoms with Crippen molar-refractivity contribution in [3.63, 3.8) is 0 Å². The van der Waals surface area contributed by atoms with E-state index in [-0.39, 0.29) is 16.5 Å². The smallest absolute Gasteiger partial charge is 0.194 e. The fraction of sp³-hybridized carbons (Fsp3) is 0. The van der Waals surface area contributed by atoms with Gasteiger partial charge in [0.05, 0.1) is 5.69 Å². The highest BCUT2D eigenvalue weighted by atomic mass is 32.1. The minimum absolute atomic E-state index is 0.0747. The first-order valence-corrected chi connectivity index (χ1v) is 4.33. The van der Waals surface area contributed by atoms with Crippen molar-refractivity contribution in [3.05, 3.63) is 30.1 Å². The van der Waals surface area contributed by atoms with Crippen LogP contribution in [0.3, 0.4) is 0 Å². The van der Waals surface area contributed by atoms with E-state index in [0.29, 0.717) is 5.69 Å². The van der Waals surface area contributed by atoms with Crippen molar-refractivity contribution < 1.29 is 4.39 Å². The number of nitrogens with one attached hydrogen (secondary N) is 1. The van der Waals surface area contributed by atoms with Crippen molar-refractivity contribution in [2.75, 3.05) is 5.43 Å². The van der Waals surface area contributed by atoms with Crippen LogP contribution in [-0.2, 0) is 0 Å². The molecule has 0 amide bonds. The Hall–Kier alpha value is -2.00. The van der Waals surface area contributed by atoms with Crippen LogP contribution in [0, 0.1) is 17.1 Å². The van der Waals surface area contributed by atoms with Crippen LogP contribution in [0.1, 0.15) is 0 Å². The minimum atomic E-state index is -0.348. The molecule has 4 nitrogen and oxygen atoms in total. The van der Waals surface area contributed by atoms with E-state index in [1.165, 1.54) is 24.3 Å². The van der Waals surface area contributed by atoms with Crippen molar-refractivity contribution in [1.29, 1.82) is 5.26 Å². The van der Waals surface area contributed by atoms with E-state index >= 15 is 0 Å². The second kappa shape index (κ2) is 5.02. The summed E-state index contributed by atoms with van der Waals surface area (Å²) in [5.41, 5.74) is 8.22. The van der Waals surface area contributed by atoms with Crippen LogP contribution in [0.5, 0.6) is 0 Å². The zero-order chi connectivity index (χ0) is 11.3. The van der Waals surface area contributed by atoms with Crippen molar-refractivity contribution in [3.8, 4) is 6.07 Å². The maximum absolute atomic E-state index is 12.5. The van der Waals surface area contributed by atoms with Gasteiger partial charge in [-0.05, 0) is 24.3 Å². The Balaban J connectivity index is 2.76. The number of nitrogens with zero attached hydrogens (tertiary/aromatic N) is 2. The van der Waals surface area contributed by atoms with Gasteiger partial charge in [-0.15, -0.1) is 0 Å². The average molecular weight is 222 g/mol. The molecule has 0 saturated carbocycles. The standard InChI is InChI=1S/C9H7FN4S/c10-6-1-3-7(4-2-6)13-14-8(5-11)9(12)15/h1-4,13H,(H2,12,15). The molecule has 1 aromatic rings. The Labute approximate surface area is 91.2 Å². The molecule has 0 saturated heterocycles. The van der Waals surface area contributed by atoms with E-state index in [2.05, 4.69) is 22.7 Å². The second-order valence-corrected chi connectivity index (χ2v) is 2.99. The number of rotatable bonds is 3. The van der Waals surface area contributed by atoms with Crippen LogP contribution in [0.15, 0.2) is 29.4 Å². The third-order valence-corrected chi connectivity index (χ3v) is 1.67.